The monoisotopic (exact) mass is 211 g/mol. The molecular formula is C9H13N3OS. The predicted molar refractivity (Wildman–Crippen MR) is 54.3 cm³/mol. The third kappa shape index (κ3) is 2.36. The van der Waals surface area contributed by atoms with E-state index in [1.807, 2.05) is 0 Å². The molecule has 1 aliphatic rings. The van der Waals surface area contributed by atoms with Crippen molar-refractivity contribution in [2.24, 2.45) is 5.92 Å². The van der Waals surface area contributed by atoms with E-state index < -0.39 is 10.8 Å². The van der Waals surface area contributed by atoms with Crippen LogP contribution in [0.2, 0.25) is 0 Å². The van der Waals surface area contributed by atoms with E-state index in [1.165, 1.54) is 0 Å². The molecule has 4 nitrogen and oxygen atoms in total. The largest absolute Gasteiger partial charge is 0.316 e. The molecule has 76 valence electrons. The van der Waals surface area contributed by atoms with Gasteiger partial charge in [0.25, 0.3) is 0 Å². The van der Waals surface area contributed by atoms with Crippen LogP contribution in [-0.2, 0) is 10.8 Å². The zero-order valence-corrected chi connectivity index (χ0v) is 8.67. The maximum Gasteiger partial charge on any atom is 0.145 e. The summed E-state index contributed by atoms with van der Waals surface area (Å²) >= 11 is 0. The molecule has 0 unspecified atom stereocenters. The summed E-state index contributed by atoms with van der Waals surface area (Å²) in [4.78, 5) is 7.95. The van der Waals surface area contributed by atoms with Crippen molar-refractivity contribution < 1.29 is 4.21 Å². The highest BCUT2D eigenvalue weighted by Gasteiger charge is 2.18. The Morgan fingerprint density at radius 3 is 3.14 bits per heavy atom. The smallest absolute Gasteiger partial charge is 0.145 e. The standard InChI is InChI=1S/C9H13N3OS/c13-14(7-8-1-2-10-5-8)9-6-11-3-4-12-9/h3-4,6,8,10H,1-2,5,7H2/t8-,14+/m1/s1. The minimum atomic E-state index is -0.987. The summed E-state index contributed by atoms with van der Waals surface area (Å²) in [6.45, 7) is 2.02. The van der Waals surface area contributed by atoms with E-state index in [0.717, 1.165) is 19.5 Å². The van der Waals surface area contributed by atoms with E-state index in [0.29, 0.717) is 16.7 Å². The Hall–Kier alpha value is -0.810. The van der Waals surface area contributed by atoms with Crippen molar-refractivity contribution in [2.45, 2.75) is 11.4 Å². The van der Waals surface area contributed by atoms with Crippen LogP contribution in [0.1, 0.15) is 6.42 Å². The summed E-state index contributed by atoms with van der Waals surface area (Å²) in [5.41, 5.74) is 0. The van der Waals surface area contributed by atoms with Gasteiger partial charge < -0.3 is 5.32 Å². The number of hydrogen-bond donors (Lipinski definition) is 1. The first-order chi connectivity index (χ1) is 6.86. The molecule has 1 aliphatic heterocycles. The fraction of sp³-hybridized carbons (Fsp3) is 0.556. The Bertz CT molecular complexity index is 311. The number of hydrogen-bond acceptors (Lipinski definition) is 4. The summed E-state index contributed by atoms with van der Waals surface area (Å²) in [6, 6.07) is 0. The summed E-state index contributed by atoms with van der Waals surface area (Å²) in [6.07, 6.45) is 5.88. The van der Waals surface area contributed by atoms with Crippen molar-refractivity contribution in [3.8, 4) is 0 Å². The van der Waals surface area contributed by atoms with Gasteiger partial charge in [-0.05, 0) is 25.4 Å². The summed E-state index contributed by atoms with van der Waals surface area (Å²) in [5, 5.41) is 3.86. The summed E-state index contributed by atoms with van der Waals surface area (Å²) in [7, 11) is -0.987. The molecule has 2 atom stereocenters. The van der Waals surface area contributed by atoms with Crippen molar-refractivity contribution in [3.63, 3.8) is 0 Å². The second kappa shape index (κ2) is 4.61. The van der Waals surface area contributed by atoms with Crippen molar-refractivity contribution in [2.75, 3.05) is 18.8 Å². The van der Waals surface area contributed by atoms with E-state index >= 15 is 0 Å². The first-order valence-corrected chi connectivity index (χ1v) is 6.03. The van der Waals surface area contributed by atoms with E-state index in [1.54, 1.807) is 18.6 Å². The van der Waals surface area contributed by atoms with Crippen LogP contribution < -0.4 is 5.32 Å². The molecule has 1 aromatic heterocycles. The molecule has 2 rings (SSSR count). The van der Waals surface area contributed by atoms with Crippen LogP contribution in [0, 0.1) is 5.92 Å². The lowest BCUT2D eigenvalue weighted by Crippen LogP contribution is -2.15. The van der Waals surface area contributed by atoms with Crippen LogP contribution in [0.25, 0.3) is 0 Å². The molecule has 0 radical (unpaired) electrons. The van der Waals surface area contributed by atoms with Gasteiger partial charge in [-0.15, -0.1) is 0 Å². The van der Waals surface area contributed by atoms with Crippen molar-refractivity contribution in [3.05, 3.63) is 18.6 Å². The number of nitrogens with one attached hydrogen (secondary N) is 1. The van der Waals surface area contributed by atoms with Crippen molar-refractivity contribution >= 4 is 10.8 Å². The highest BCUT2D eigenvalue weighted by atomic mass is 32.2. The number of aromatic nitrogens is 2. The first kappa shape index (κ1) is 9.73. The molecule has 1 saturated heterocycles. The molecule has 1 aromatic rings. The van der Waals surface area contributed by atoms with Gasteiger partial charge in [0.15, 0.2) is 0 Å². The van der Waals surface area contributed by atoms with Crippen molar-refractivity contribution in [1.82, 2.24) is 15.3 Å². The lowest BCUT2D eigenvalue weighted by molar-refractivity contribution is 0.630. The third-order valence-corrected chi connectivity index (χ3v) is 3.77. The maximum atomic E-state index is 11.8. The lowest BCUT2D eigenvalue weighted by Gasteiger charge is -2.06. The van der Waals surface area contributed by atoms with E-state index in [2.05, 4.69) is 15.3 Å². The SMILES string of the molecule is O=[S@@](C[C@@H]1CCNC1)c1cnccn1. The Balaban J connectivity index is 1.95. The lowest BCUT2D eigenvalue weighted by atomic mass is 10.2. The second-order valence-corrected chi connectivity index (χ2v) is 4.86. The Morgan fingerprint density at radius 1 is 1.57 bits per heavy atom. The topological polar surface area (TPSA) is 54.9 Å². The molecule has 14 heavy (non-hydrogen) atoms. The van der Waals surface area contributed by atoms with Crippen LogP contribution in [0.4, 0.5) is 0 Å². The van der Waals surface area contributed by atoms with Gasteiger partial charge in [-0.3, -0.25) is 9.19 Å². The number of nitrogens with zero attached hydrogens (tertiary/aromatic N) is 2. The molecular weight excluding hydrogens is 198 g/mol. The fourth-order valence-corrected chi connectivity index (χ4v) is 2.80. The zero-order chi connectivity index (χ0) is 9.80. The van der Waals surface area contributed by atoms with Crippen LogP contribution >= 0.6 is 0 Å². The first-order valence-electron chi connectivity index (χ1n) is 4.71. The summed E-state index contributed by atoms with van der Waals surface area (Å²) in [5.74, 6) is 1.23. The maximum absolute atomic E-state index is 11.8. The van der Waals surface area contributed by atoms with Gasteiger partial charge in [0, 0.05) is 18.1 Å². The average Bonchev–Trinajstić information content (AvgIpc) is 2.72. The number of rotatable bonds is 3. The molecule has 0 saturated carbocycles. The normalized spacial score (nSPS) is 23.6. The Kier molecular flexibility index (Phi) is 3.21. The van der Waals surface area contributed by atoms with E-state index in [-0.39, 0.29) is 0 Å². The van der Waals surface area contributed by atoms with Gasteiger partial charge >= 0.3 is 0 Å². The third-order valence-electron chi connectivity index (χ3n) is 2.32. The Morgan fingerprint density at radius 2 is 2.50 bits per heavy atom. The fourth-order valence-electron chi connectivity index (χ4n) is 1.56. The van der Waals surface area contributed by atoms with Crippen LogP contribution in [-0.4, -0.2) is 33.0 Å². The van der Waals surface area contributed by atoms with Gasteiger partial charge in [0.1, 0.15) is 5.03 Å². The average molecular weight is 211 g/mol. The molecule has 0 aromatic carbocycles. The second-order valence-electron chi connectivity index (χ2n) is 3.41. The molecule has 0 aliphatic carbocycles. The minimum Gasteiger partial charge on any atom is -0.316 e. The van der Waals surface area contributed by atoms with Crippen LogP contribution in [0.3, 0.4) is 0 Å². The molecule has 0 bridgehead atoms. The van der Waals surface area contributed by atoms with Gasteiger partial charge in [-0.2, -0.15) is 0 Å². The van der Waals surface area contributed by atoms with Gasteiger partial charge in [-0.25, -0.2) is 4.98 Å². The Labute approximate surface area is 85.6 Å². The van der Waals surface area contributed by atoms with Gasteiger partial charge in [0.05, 0.1) is 17.0 Å². The van der Waals surface area contributed by atoms with E-state index in [4.69, 9.17) is 0 Å². The van der Waals surface area contributed by atoms with Gasteiger partial charge in [-0.1, -0.05) is 0 Å². The highest BCUT2D eigenvalue weighted by molar-refractivity contribution is 7.84. The molecule has 1 N–H and O–H groups in total. The molecule has 1 fully saturated rings. The highest BCUT2D eigenvalue weighted by Crippen LogP contribution is 2.12. The van der Waals surface area contributed by atoms with Gasteiger partial charge in [0.2, 0.25) is 0 Å². The molecule has 0 amide bonds. The summed E-state index contributed by atoms with van der Waals surface area (Å²) < 4.78 is 11.8. The molecule has 5 heteroatoms. The van der Waals surface area contributed by atoms with Crippen LogP contribution in [0.15, 0.2) is 23.6 Å². The van der Waals surface area contributed by atoms with Crippen molar-refractivity contribution in [1.29, 1.82) is 0 Å². The van der Waals surface area contributed by atoms with E-state index in [9.17, 15) is 4.21 Å². The molecule has 0 spiro atoms. The predicted octanol–water partition coefficient (Wildman–Crippen LogP) is 0.194. The van der Waals surface area contributed by atoms with Crippen LogP contribution in [0.5, 0.6) is 0 Å². The minimum absolute atomic E-state index is 0.526. The molecule has 2 heterocycles. The quantitative estimate of drug-likeness (QED) is 0.775. The zero-order valence-electron chi connectivity index (χ0n) is 7.85.